The smallest absolute Gasteiger partial charge is 0.335 e. The van der Waals surface area contributed by atoms with Gasteiger partial charge < -0.3 is 9.47 Å². The Kier molecular flexibility index (Phi) is 3.80. The van der Waals surface area contributed by atoms with E-state index in [9.17, 15) is 14.4 Å². The average Bonchev–Trinajstić information content (AvgIpc) is 3.12. The standard InChI is InChI=1S/C20H16N2O5/c1-22-17(23)13-10-6-7-11-14(13)20(19(22)25)15(18(24)26-2)21-16(27-20)12-8-4-3-5-9-12/h3-11,15H,1-2H3/t15-,20-/m1/s1. The number of rotatable bonds is 2. The van der Waals surface area contributed by atoms with Gasteiger partial charge in [-0.3, -0.25) is 14.5 Å². The molecule has 2 aliphatic rings. The van der Waals surface area contributed by atoms with Crippen LogP contribution in [0.2, 0.25) is 0 Å². The molecule has 0 bridgehead atoms. The van der Waals surface area contributed by atoms with Crippen molar-refractivity contribution in [2.24, 2.45) is 4.99 Å². The second-order valence-corrected chi connectivity index (χ2v) is 6.28. The second kappa shape index (κ2) is 6.05. The summed E-state index contributed by atoms with van der Waals surface area (Å²) >= 11 is 0. The first kappa shape index (κ1) is 17.0. The summed E-state index contributed by atoms with van der Waals surface area (Å²) in [7, 11) is 2.58. The number of esters is 1. The van der Waals surface area contributed by atoms with Gasteiger partial charge in [0.15, 0.2) is 0 Å². The molecule has 0 radical (unpaired) electrons. The number of nitrogens with zero attached hydrogens (tertiary/aromatic N) is 2. The third-order valence-electron chi connectivity index (χ3n) is 4.82. The highest BCUT2D eigenvalue weighted by Gasteiger charge is 2.63. The van der Waals surface area contributed by atoms with Crippen molar-refractivity contribution in [3.8, 4) is 0 Å². The van der Waals surface area contributed by atoms with Crippen LogP contribution in [0, 0.1) is 0 Å². The molecule has 0 saturated carbocycles. The first-order valence-corrected chi connectivity index (χ1v) is 8.32. The lowest BCUT2D eigenvalue weighted by Gasteiger charge is -2.38. The van der Waals surface area contributed by atoms with Crippen LogP contribution >= 0.6 is 0 Å². The topological polar surface area (TPSA) is 85.3 Å². The van der Waals surface area contributed by atoms with E-state index in [4.69, 9.17) is 9.47 Å². The largest absolute Gasteiger partial charge is 0.467 e. The van der Waals surface area contributed by atoms with Crippen molar-refractivity contribution < 1.29 is 23.9 Å². The number of fused-ring (bicyclic) bond motifs is 2. The molecule has 27 heavy (non-hydrogen) atoms. The van der Waals surface area contributed by atoms with Gasteiger partial charge in [-0.2, -0.15) is 0 Å². The molecule has 136 valence electrons. The van der Waals surface area contributed by atoms with E-state index in [0.29, 0.717) is 11.1 Å². The maximum atomic E-state index is 13.2. The van der Waals surface area contributed by atoms with Crippen molar-refractivity contribution in [2.45, 2.75) is 11.6 Å². The van der Waals surface area contributed by atoms with Gasteiger partial charge in [-0.05, 0) is 18.2 Å². The lowest BCUT2D eigenvalue weighted by atomic mass is 9.79. The Balaban J connectivity index is 1.95. The Morgan fingerprint density at radius 3 is 2.48 bits per heavy atom. The van der Waals surface area contributed by atoms with Crippen LogP contribution in [0.5, 0.6) is 0 Å². The third-order valence-corrected chi connectivity index (χ3v) is 4.82. The van der Waals surface area contributed by atoms with E-state index >= 15 is 0 Å². The van der Waals surface area contributed by atoms with Crippen molar-refractivity contribution in [2.75, 3.05) is 14.2 Å². The molecular weight excluding hydrogens is 348 g/mol. The van der Waals surface area contributed by atoms with Crippen LogP contribution in [0.4, 0.5) is 0 Å². The van der Waals surface area contributed by atoms with E-state index in [1.807, 2.05) is 6.07 Å². The van der Waals surface area contributed by atoms with Gasteiger partial charge in [0, 0.05) is 23.7 Å². The van der Waals surface area contributed by atoms with Crippen LogP contribution < -0.4 is 0 Å². The Bertz CT molecular complexity index is 985. The normalized spacial score (nSPS) is 23.7. The monoisotopic (exact) mass is 364 g/mol. The van der Waals surface area contributed by atoms with E-state index in [-0.39, 0.29) is 11.5 Å². The number of aliphatic imine (C=N–C) groups is 1. The highest BCUT2D eigenvalue weighted by Crippen LogP contribution is 2.44. The minimum absolute atomic E-state index is 0.150. The number of benzene rings is 2. The first-order valence-electron chi connectivity index (χ1n) is 8.32. The summed E-state index contributed by atoms with van der Waals surface area (Å²) < 4.78 is 11.0. The van der Waals surface area contributed by atoms with Crippen molar-refractivity contribution in [3.63, 3.8) is 0 Å². The first-order chi connectivity index (χ1) is 13.0. The number of carbonyl (C=O) groups is 3. The number of hydrogen-bond acceptors (Lipinski definition) is 6. The van der Waals surface area contributed by atoms with Gasteiger partial charge in [0.1, 0.15) is 0 Å². The molecule has 0 N–H and O–H groups in total. The molecule has 2 heterocycles. The molecule has 2 amide bonds. The number of likely N-dealkylation sites (N-methyl/N-ethyl adjacent to an activating group) is 1. The quantitative estimate of drug-likeness (QED) is 0.596. The van der Waals surface area contributed by atoms with Gasteiger partial charge in [-0.15, -0.1) is 0 Å². The number of methoxy groups -OCH3 is 1. The highest BCUT2D eigenvalue weighted by atomic mass is 16.6. The highest BCUT2D eigenvalue weighted by molar-refractivity contribution is 6.16. The van der Waals surface area contributed by atoms with Gasteiger partial charge in [0.2, 0.25) is 17.5 Å². The predicted molar refractivity (Wildman–Crippen MR) is 95.1 cm³/mol. The summed E-state index contributed by atoms with van der Waals surface area (Å²) in [5.74, 6) is -1.68. The van der Waals surface area contributed by atoms with Crippen molar-refractivity contribution in [3.05, 3.63) is 71.3 Å². The lowest BCUT2D eigenvalue weighted by molar-refractivity contribution is -0.159. The minimum atomic E-state index is -1.78. The Morgan fingerprint density at radius 1 is 1.11 bits per heavy atom. The maximum Gasteiger partial charge on any atom is 0.335 e. The van der Waals surface area contributed by atoms with Crippen LogP contribution in [0.3, 0.4) is 0 Å². The van der Waals surface area contributed by atoms with E-state index in [1.165, 1.54) is 14.2 Å². The SMILES string of the molecule is COC(=O)[C@H]1N=C(c2ccccc2)O[C@@]12C(=O)N(C)C(=O)c1ccccc12. The molecule has 2 atom stereocenters. The van der Waals surface area contributed by atoms with Gasteiger partial charge in [-0.25, -0.2) is 9.79 Å². The van der Waals surface area contributed by atoms with Gasteiger partial charge in [0.25, 0.3) is 11.8 Å². The van der Waals surface area contributed by atoms with E-state index in [0.717, 1.165) is 4.90 Å². The van der Waals surface area contributed by atoms with Crippen LogP contribution in [0.15, 0.2) is 59.6 Å². The Morgan fingerprint density at radius 2 is 1.78 bits per heavy atom. The van der Waals surface area contributed by atoms with Crippen LogP contribution in [-0.2, 0) is 24.7 Å². The molecule has 0 unspecified atom stereocenters. The van der Waals surface area contributed by atoms with Crippen LogP contribution in [0.25, 0.3) is 0 Å². The fourth-order valence-electron chi connectivity index (χ4n) is 3.48. The number of imide groups is 1. The predicted octanol–water partition coefficient (Wildman–Crippen LogP) is 1.51. The fourth-order valence-corrected chi connectivity index (χ4v) is 3.48. The molecule has 0 fully saturated rings. The number of ether oxygens (including phenoxy) is 2. The molecule has 2 aromatic carbocycles. The minimum Gasteiger partial charge on any atom is -0.467 e. The van der Waals surface area contributed by atoms with Gasteiger partial charge in [0.05, 0.1) is 7.11 Å². The molecule has 7 heteroatoms. The van der Waals surface area contributed by atoms with E-state index in [2.05, 4.69) is 4.99 Å². The zero-order valence-corrected chi connectivity index (χ0v) is 14.7. The second-order valence-electron chi connectivity index (χ2n) is 6.28. The van der Waals surface area contributed by atoms with Crippen molar-refractivity contribution in [1.29, 1.82) is 0 Å². The number of hydrogen-bond donors (Lipinski definition) is 0. The summed E-state index contributed by atoms with van der Waals surface area (Å²) in [4.78, 5) is 43.7. The Hall–Kier alpha value is -3.48. The molecule has 0 saturated heterocycles. The molecule has 2 aliphatic heterocycles. The van der Waals surface area contributed by atoms with Crippen LogP contribution in [0.1, 0.15) is 21.5 Å². The molecule has 0 aliphatic carbocycles. The zero-order valence-electron chi connectivity index (χ0n) is 14.7. The summed E-state index contributed by atoms with van der Waals surface area (Å²) in [6, 6.07) is 14.3. The maximum absolute atomic E-state index is 13.2. The average molecular weight is 364 g/mol. The molecule has 1 spiro atoms. The van der Waals surface area contributed by atoms with Gasteiger partial charge in [-0.1, -0.05) is 36.4 Å². The Labute approximate surface area is 155 Å². The van der Waals surface area contributed by atoms with E-state index < -0.39 is 29.4 Å². The zero-order chi connectivity index (χ0) is 19.2. The number of amides is 2. The third kappa shape index (κ3) is 2.28. The fraction of sp³-hybridized carbons (Fsp3) is 0.200. The summed E-state index contributed by atoms with van der Waals surface area (Å²) in [6.45, 7) is 0. The summed E-state index contributed by atoms with van der Waals surface area (Å²) in [5, 5.41) is 0. The summed E-state index contributed by atoms with van der Waals surface area (Å²) in [6.07, 6.45) is 0. The molecule has 4 rings (SSSR count). The van der Waals surface area contributed by atoms with Crippen molar-refractivity contribution >= 4 is 23.7 Å². The van der Waals surface area contributed by atoms with E-state index in [1.54, 1.807) is 48.5 Å². The molecule has 0 aromatic heterocycles. The molecular formula is C20H16N2O5. The summed E-state index contributed by atoms with van der Waals surface area (Å²) in [5.41, 5.74) is -0.563. The molecule has 2 aromatic rings. The number of carbonyl (C=O) groups excluding carboxylic acids is 3. The van der Waals surface area contributed by atoms with Crippen molar-refractivity contribution in [1.82, 2.24) is 4.90 Å². The van der Waals surface area contributed by atoms with Gasteiger partial charge >= 0.3 is 5.97 Å². The molecule has 7 nitrogen and oxygen atoms in total. The van der Waals surface area contributed by atoms with Crippen LogP contribution in [-0.4, -0.2) is 48.8 Å². The lowest BCUT2D eigenvalue weighted by Crippen LogP contribution is -2.59.